The highest BCUT2D eigenvalue weighted by Crippen LogP contribution is 2.24. The summed E-state index contributed by atoms with van der Waals surface area (Å²) in [4.78, 5) is 12.1. The van der Waals surface area contributed by atoms with Crippen molar-refractivity contribution < 1.29 is 13.2 Å². The summed E-state index contributed by atoms with van der Waals surface area (Å²) in [6.07, 6.45) is 1.27. The van der Waals surface area contributed by atoms with Crippen molar-refractivity contribution in [1.29, 1.82) is 0 Å². The van der Waals surface area contributed by atoms with Crippen LogP contribution in [0.15, 0.2) is 18.2 Å². The zero-order chi connectivity index (χ0) is 14.0. The van der Waals surface area contributed by atoms with Gasteiger partial charge in [0.2, 0.25) is 5.91 Å². The standard InChI is InChI=1S/C14H19NO3S/c1-3-11-6-4-5-10(2)13(11)15-14(16)12-7-8-19(17,18)9-12/h4-6,12H,3,7-9H2,1-2H3,(H,15,16)/t12-/m0/s1. The second-order valence-corrected chi connectivity index (χ2v) is 7.28. The van der Waals surface area contributed by atoms with Crippen LogP contribution in [-0.4, -0.2) is 25.8 Å². The van der Waals surface area contributed by atoms with Crippen molar-refractivity contribution in [3.8, 4) is 0 Å². The first-order valence-electron chi connectivity index (χ1n) is 6.52. The van der Waals surface area contributed by atoms with Crippen molar-refractivity contribution in [2.24, 2.45) is 5.92 Å². The van der Waals surface area contributed by atoms with Gasteiger partial charge in [0.1, 0.15) is 0 Å². The quantitative estimate of drug-likeness (QED) is 0.920. The van der Waals surface area contributed by atoms with E-state index in [9.17, 15) is 13.2 Å². The lowest BCUT2D eigenvalue weighted by atomic mass is 10.0. The van der Waals surface area contributed by atoms with E-state index >= 15 is 0 Å². The number of amides is 1. The van der Waals surface area contributed by atoms with Gasteiger partial charge in [-0.2, -0.15) is 0 Å². The van der Waals surface area contributed by atoms with Crippen LogP contribution in [0.1, 0.15) is 24.5 Å². The molecule has 1 aliphatic heterocycles. The Morgan fingerprint density at radius 3 is 2.74 bits per heavy atom. The average molecular weight is 281 g/mol. The SMILES string of the molecule is CCc1cccc(C)c1NC(=O)[C@H]1CCS(=O)(=O)C1. The van der Waals surface area contributed by atoms with Gasteiger partial charge in [-0.3, -0.25) is 4.79 Å². The van der Waals surface area contributed by atoms with Gasteiger partial charge in [-0.05, 0) is 30.9 Å². The van der Waals surface area contributed by atoms with Crippen LogP contribution in [0.2, 0.25) is 0 Å². The predicted octanol–water partition coefficient (Wildman–Crippen LogP) is 1.93. The maximum absolute atomic E-state index is 12.1. The fraction of sp³-hybridized carbons (Fsp3) is 0.500. The van der Waals surface area contributed by atoms with Crippen LogP contribution in [0.25, 0.3) is 0 Å². The van der Waals surface area contributed by atoms with Crippen LogP contribution in [0.5, 0.6) is 0 Å². The Labute approximate surface area is 114 Å². The molecule has 1 amide bonds. The van der Waals surface area contributed by atoms with Crippen molar-refractivity contribution in [3.05, 3.63) is 29.3 Å². The van der Waals surface area contributed by atoms with Crippen molar-refractivity contribution >= 4 is 21.4 Å². The molecule has 1 aromatic carbocycles. The van der Waals surface area contributed by atoms with Gasteiger partial charge in [0.25, 0.3) is 0 Å². The third kappa shape index (κ3) is 3.15. The smallest absolute Gasteiger partial charge is 0.228 e. The Morgan fingerprint density at radius 2 is 2.16 bits per heavy atom. The molecular formula is C14H19NO3S. The number of hydrogen-bond acceptors (Lipinski definition) is 3. The summed E-state index contributed by atoms with van der Waals surface area (Å²) in [7, 11) is -3.02. The molecule has 1 fully saturated rings. The number of carbonyl (C=O) groups excluding carboxylic acids is 1. The van der Waals surface area contributed by atoms with Crippen LogP contribution >= 0.6 is 0 Å². The Kier molecular flexibility index (Phi) is 3.94. The second-order valence-electron chi connectivity index (χ2n) is 5.05. The van der Waals surface area contributed by atoms with E-state index < -0.39 is 15.8 Å². The number of carbonyl (C=O) groups is 1. The highest BCUT2D eigenvalue weighted by molar-refractivity contribution is 7.91. The minimum atomic E-state index is -3.02. The third-order valence-corrected chi connectivity index (χ3v) is 5.36. The number of para-hydroxylation sites is 1. The lowest BCUT2D eigenvalue weighted by molar-refractivity contribution is -0.119. The van der Waals surface area contributed by atoms with Crippen LogP contribution in [0, 0.1) is 12.8 Å². The first-order valence-corrected chi connectivity index (χ1v) is 8.35. The fourth-order valence-electron chi connectivity index (χ4n) is 2.43. The summed E-state index contributed by atoms with van der Waals surface area (Å²) in [5.41, 5.74) is 2.92. The van der Waals surface area contributed by atoms with E-state index in [0.29, 0.717) is 6.42 Å². The maximum atomic E-state index is 12.1. The van der Waals surface area contributed by atoms with E-state index in [4.69, 9.17) is 0 Å². The van der Waals surface area contributed by atoms with Gasteiger partial charge in [0.05, 0.1) is 17.4 Å². The van der Waals surface area contributed by atoms with Crippen LogP contribution in [-0.2, 0) is 21.1 Å². The molecule has 0 radical (unpaired) electrons. The molecule has 1 N–H and O–H groups in total. The average Bonchev–Trinajstić information content (AvgIpc) is 2.72. The largest absolute Gasteiger partial charge is 0.325 e. The number of anilines is 1. The molecule has 0 spiro atoms. The molecule has 4 nitrogen and oxygen atoms in total. The molecule has 19 heavy (non-hydrogen) atoms. The number of hydrogen-bond donors (Lipinski definition) is 1. The lowest BCUT2D eigenvalue weighted by Gasteiger charge is -2.15. The molecule has 0 saturated carbocycles. The molecule has 1 aromatic rings. The first-order chi connectivity index (χ1) is 8.93. The Balaban J connectivity index is 2.16. The summed E-state index contributed by atoms with van der Waals surface area (Å²) in [6, 6.07) is 5.89. The number of aryl methyl sites for hydroxylation is 2. The molecule has 0 aliphatic carbocycles. The highest BCUT2D eigenvalue weighted by Gasteiger charge is 2.33. The van der Waals surface area contributed by atoms with Gasteiger partial charge in [-0.1, -0.05) is 25.1 Å². The van der Waals surface area contributed by atoms with E-state index in [1.54, 1.807) is 0 Å². The number of nitrogens with one attached hydrogen (secondary N) is 1. The Bertz CT molecular complexity index is 593. The predicted molar refractivity (Wildman–Crippen MR) is 75.9 cm³/mol. The van der Waals surface area contributed by atoms with Crippen LogP contribution in [0.3, 0.4) is 0 Å². The summed E-state index contributed by atoms with van der Waals surface area (Å²) < 4.78 is 22.8. The molecule has 1 heterocycles. The molecule has 1 saturated heterocycles. The summed E-state index contributed by atoms with van der Waals surface area (Å²) in [5.74, 6) is -0.481. The van der Waals surface area contributed by atoms with Crippen LogP contribution < -0.4 is 5.32 Å². The molecule has 104 valence electrons. The summed E-state index contributed by atoms with van der Waals surface area (Å²) in [5, 5.41) is 2.91. The fourth-order valence-corrected chi connectivity index (χ4v) is 4.17. The summed E-state index contributed by atoms with van der Waals surface area (Å²) in [6.45, 7) is 3.98. The van der Waals surface area contributed by atoms with E-state index in [1.807, 2.05) is 32.0 Å². The van der Waals surface area contributed by atoms with E-state index in [0.717, 1.165) is 23.2 Å². The van der Waals surface area contributed by atoms with Crippen molar-refractivity contribution in [3.63, 3.8) is 0 Å². The lowest BCUT2D eigenvalue weighted by Crippen LogP contribution is -2.24. The second kappa shape index (κ2) is 5.33. The molecule has 1 atom stereocenters. The van der Waals surface area contributed by atoms with Gasteiger partial charge >= 0.3 is 0 Å². The monoisotopic (exact) mass is 281 g/mol. The topological polar surface area (TPSA) is 63.2 Å². The van der Waals surface area contributed by atoms with Crippen LogP contribution in [0.4, 0.5) is 5.69 Å². The van der Waals surface area contributed by atoms with E-state index in [2.05, 4.69) is 5.32 Å². The molecule has 2 rings (SSSR count). The Morgan fingerprint density at radius 1 is 1.42 bits per heavy atom. The molecule has 1 aliphatic rings. The van der Waals surface area contributed by atoms with Gasteiger partial charge in [0.15, 0.2) is 9.84 Å². The van der Waals surface area contributed by atoms with Gasteiger partial charge in [-0.25, -0.2) is 8.42 Å². The first kappa shape index (κ1) is 14.1. The molecule has 0 bridgehead atoms. The normalized spacial score (nSPS) is 21.3. The van der Waals surface area contributed by atoms with E-state index in [1.165, 1.54) is 0 Å². The zero-order valence-corrected chi connectivity index (χ0v) is 12.1. The van der Waals surface area contributed by atoms with Gasteiger partial charge in [-0.15, -0.1) is 0 Å². The van der Waals surface area contributed by atoms with Crippen molar-refractivity contribution in [2.45, 2.75) is 26.7 Å². The molecule has 5 heteroatoms. The minimum Gasteiger partial charge on any atom is -0.325 e. The molecule has 0 aromatic heterocycles. The number of benzene rings is 1. The number of rotatable bonds is 3. The van der Waals surface area contributed by atoms with Crippen molar-refractivity contribution in [1.82, 2.24) is 0 Å². The number of sulfone groups is 1. The zero-order valence-electron chi connectivity index (χ0n) is 11.3. The van der Waals surface area contributed by atoms with E-state index in [-0.39, 0.29) is 17.4 Å². The van der Waals surface area contributed by atoms with Gasteiger partial charge in [0, 0.05) is 5.69 Å². The highest BCUT2D eigenvalue weighted by atomic mass is 32.2. The maximum Gasteiger partial charge on any atom is 0.228 e. The van der Waals surface area contributed by atoms with Gasteiger partial charge < -0.3 is 5.32 Å². The third-order valence-electron chi connectivity index (χ3n) is 3.59. The Hall–Kier alpha value is -1.36. The van der Waals surface area contributed by atoms with Crippen molar-refractivity contribution in [2.75, 3.05) is 16.8 Å². The molecule has 0 unspecified atom stereocenters. The summed E-state index contributed by atoms with van der Waals surface area (Å²) >= 11 is 0. The minimum absolute atomic E-state index is 0.0217. The molecular weight excluding hydrogens is 262 g/mol.